The first kappa shape index (κ1) is 16.9. The van der Waals surface area contributed by atoms with Gasteiger partial charge in [0.2, 0.25) is 0 Å². The van der Waals surface area contributed by atoms with E-state index in [-0.39, 0.29) is 11.8 Å². The lowest BCUT2D eigenvalue weighted by molar-refractivity contribution is -0.145. The lowest BCUT2D eigenvalue weighted by atomic mass is 10.1. The molecule has 130 valence electrons. The number of hydrogen-bond acceptors (Lipinski definition) is 4. The van der Waals surface area contributed by atoms with Crippen molar-refractivity contribution in [2.75, 3.05) is 45.9 Å². The minimum absolute atomic E-state index is 0.0343. The number of benzene rings is 1. The largest absolute Gasteiger partial charge is 0.366 e. The van der Waals surface area contributed by atoms with E-state index in [2.05, 4.69) is 5.32 Å². The van der Waals surface area contributed by atoms with Gasteiger partial charge in [0.1, 0.15) is 6.10 Å². The van der Waals surface area contributed by atoms with Crippen LogP contribution in [0, 0.1) is 6.92 Å². The van der Waals surface area contributed by atoms with Crippen molar-refractivity contribution in [3.63, 3.8) is 0 Å². The highest BCUT2D eigenvalue weighted by atomic mass is 16.5. The van der Waals surface area contributed by atoms with Crippen LogP contribution in [0.4, 0.5) is 0 Å². The molecular formula is C18H25N3O3. The van der Waals surface area contributed by atoms with E-state index >= 15 is 0 Å². The summed E-state index contributed by atoms with van der Waals surface area (Å²) in [6.07, 6.45) is 0.404. The third kappa shape index (κ3) is 3.94. The van der Waals surface area contributed by atoms with Gasteiger partial charge < -0.3 is 19.9 Å². The SMILES string of the molecule is Cc1cccc(C(=O)N2CCCN(C(=O)C3CNCCO3)CC2)c1. The molecule has 0 aromatic heterocycles. The Kier molecular flexibility index (Phi) is 5.48. The van der Waals surface area contributed by atoms with Crippen LogP contribution in [-0.4, -0.2) is 73.6 Å². The zero-order chi connectivity index (χ0) is 16.9. The van der Waals surface area contributed by atoms with Crippen molar-refractivity contribution in [1.29, 1.82) is 0 Å². The van der Waals surface area contributed by atoms with E-state index in [0.717, 1.165) is 24.1 Å². The fraction of sp³-hybridized carbons (Fsp3) is 0.556. The number of rotatable bonds is 2. The number of nitrogens with one attached hydrogen (secondary N) is 1. The highest BCUT2D eigenvalue weighted by Gasteiger charge is 2.29. The molecule has 1 unspecified atom stereocenters. The number of morpholine rings is 1. The summed E-state index contributed by atoms with van der Waals surface area (Å²) in [6.45, 7) is 6.41. The molecule has 0 aliphatic carbocycles. The molecule has 2 saturated heterocycles. The van der Waals surface area contributed by atoms with E-state index in [0.29, 0.717) is 39.3 Å². The summed E-state index contributed by atoms with van der Waals surface area (Å²) in [7, 11) is 0. The predicted molar refractivity (Wildman–Crippen MR) is 90.9 cm³/mol. The van der Waals surface area contributed by atoms with Gasteiger partial charge in [0.15, 0.2) is 0 Å². The van der Waals surface area contributed by atoms with Gasteiger partial charge in [-0.3, -0.25) is 9.59 Å². The van der Waals surface area contributed by atoms with E-state index in [1.807, 2.05) is 41.0 Å². The Morgan fingerprint density at radius 1 is 1.17 bits per heavy atom. The molecule has 2 aliphatic rings. The Balaban J connectivity index is 1.60. The number of amides is 2. The third-order valence-electron chi connectivity index (χ3n) is 4.56. The maximum atomic E-state index is 12.7. The Hall–Kier alpha value is -1.92. The van der Waals surface area contributed by atoms with Gasteiger partial charge in [-0.25, -0.2) is 0 Å². The molecule has 2 amide bonds. The lowest BCUT2D eigenvalue weighted by Crippen LogP contribution is -2.50. The normalized spacial score (nSPS) is 22.1. The highest BCUT2D eigenvalue weighted by Crippen LogP contribution is 2.12. The second-order valence-electron chi connectivity index (χ2n) is 6.40. The number of carbonyl (C=O) groups is 2. The average Bonchev–Trinajstić information content (AvgIpc) is 2.87. The van der Waals surface area contributed by atoms with Gasteiger partial charge in [0.25, 0.3) is 11.8 Å². The molecule has 0 saturated carbocycles. The standard InChI is InChI=1S/C18H25N3O3/c1-14-4-2-5-15(12-14)17(22)20-7-3-8-21(10-9-20)18(23)16-13-19-6-11-24-16/h2,4-5,12,16,19H,3,6-11,13H2,1H3. The summed E-state index contributed by atoms with van der Waals surface area (Å²) < 4.78 is 5.56. The molecule has 0 radical (unpaired) electrons. The van der Waals surface area contributed by atoms with Gasteiger partial charge in [-0.15, -0.1) is 0 Å². The number of hydrogen-bond donors (Lipinski definition) is 1. The minimum Gasteiger partial charge on any atom is -0.366 e. The van der Waals surface area contributed by atoms with Gasteiger partial charge in [-0.2, -0.15) is 0 Å². The van der Waals surface area contributed by atoms with Crippen LogP contribution in [0.5, 0.6) is 0 Å². The maximum absolute atomic E-state index is 12.7. The van der Waals surface area contributed by atoms with Crippen molar-refractivity contribution in [1.82, 2.24) is 15.1 Å². The highest BCUT2D eigenvalue weighted by molar-refractivity contribution is 5.94. The van der Waals surface area contributed by atoms with Crippen LogP contribution in [0.25, 0.3) is 0 Å². The van der Waals surface area contributed by atoms with E-state index in [1.165, 1.54) is 0 Å². The van der Waals surface area contributed by atoms with Gasteiger partial charge in [-0.05, 0) is 25.5 Å². The Morgan fingerprint density at radius 2 is 1.96 bits per heavy atom. The second kappa shape index (κ2) is 7.77. The number of nitrogens with zero attached hydrogens (tertiary/aromatic N) is 2. The smallest absolute Gasteiger partial charge is 0.253 e. The number of carbonyl (C=O) groups excluding carboxylic acids is 2. The zero-order valence-corrected chi connectivity index (χ0v) is 14.2. The Morgan fingerprint density at radius 3 is 2.71 bits per heavy atom. The van der Waals surface area contributed by atoms with Crippen molar-refractivity contribution >= 4 is 11.8 Å². The first-order valence-electron chi connectivity index (χ1n) is 8.62. The second-order valence-corrected chi connectivity index (χ2v) is 6.40. The molecule has 1 N–H and O–H groups in total. The molecule has 2 fully saturated rings. The molecule has 0 spiro atoms. The molecular weight excluding hydrogens is 306 g/mol. The quantitative estimate of drug-likeness (QED) is 0.865. The van der Waals surface area contributed by atoms with E-state index in [4.69, 9.17) is 4.74 Å². The molecule has 0 bridgehead atoms. The number of aryl methyl sites for hydroxylation is 1. The number of ether oxygens (including phenoxy) is 1. The van der Waals surface area contributed by atoms with Crippen LogP contribution in [-0.2, 0) is 9.53 Å². The van der Waals surface area contributed by atoms with Crippen molar-refractivity contribution in [3.05, 3.63) is 35.4 Å². The summed E-state index contributed by atoms with van der Waals surface area (Å²) in [5, 5.41) is 3.19. The molecule has 6 heteroatoms. The molecule has 24 heavy (non-hydrogen) atoms. The molecule has 3 rings (SSSR count). The van der Waals surface area contributed by atoms with E-state index in [9.17, 15) is 9.59 Å². The monoisotopic (exact) mass is 331 g/mol. The van der Waals surface area contributed by atoms with Crippen LogP contribution in [0.1, 0.15) is 22.3 Å². The molecule has 1 aromatic carbocycles. The van der Waals surface area contributed by atoms with Crippen molar-refractivity contribution in [2.45, 2.75) is 19.4 Å². The first-order chi connectivity index (χ1) is 11.6. The third-order valence-corrected chi connectivity index (χ3v) is 4.56. The molecule has 1 aromatic rings. The van der Waals surface area contributed by atoms with E-state index in [1.54, 1.807) is 0 Å². The molecule has 2 aliphatic heterocycles. The average molecular weight is 331 g/mol. The van der Waals surface area contributed by atoms with Crippen LogP contribution in [0.2, 0.25) is 0 Å². The maximum Gasteiger partial charge on any atom is 0.253 e. The summed E-state index contributed by atoms with van der Waals surface area (Å²) in [5.74, 6) is 0.0793. The van der Waals surface area contributed by atoms with Gasteiger partial charge in [-0.1, -0.05) is 17.7 Å². The summed E-state index contributed by atoms with van der Waals surface area (Å²) in [4.78, 5) is 28.9. The van der Waals surface area contributed by atoms with Crippen LogP contribution in [0.3, 0.4) is 0 Å². The van der Waals surface area contributed by atoms with Gasteiger partial charge in [0, 0.05) is 44.8 Å². The molecule has 2 heterocycles. The van der Waals surface area contributed by atoms with Crippen LogP contribution >= 0.6 is 0 Å². The fourth-order valence-corrected chi connectivity index (χ4v) is 3.23. The fourth-order valence-electron chi connectivity index (χ4n) is 3.23. The van der Waals surface area contributed by atoms with Gasteiger partial charge in [0.05, 0.1) is 6.61 Å². The Bertz CT molecular complexity index is 599. The van der Waals surface area contributed by atoms with Crippen LogP contribution < -0.4 is 5.32 Å². The Labute approximate surface area is 142 Å². The summed E-state index contributed by atoms with van der Waals surface area (Å²) >= 11 is 0. The summed E-state index contributed by atoms with van der Waals surface area (Å²) in [6, 6.07) is 7.66. The lowest BCUT2D eigenvalue weighted by Gasteiger charge is -2.29. The summed E-state index contributed by atoms with van der Waals surface area (Å²) in [5.41, 5.74) is 1.80. The zero-order valence-electron chi connectivity index (χ0n) is 14.2. The van der Waals surface area contributed by atoms with Crippen LogP contribution in [0.15, 0.2) is 24.3 Å². The van der Waals surface area contributed by atoms with Crippen molar-refractivity contribution < 1.29 is 14.3 Å². The molecule has 6 nitrogen and oxygen atoms in total. The van der Waals surface area contributed by atoms with Gasteiger partial charge >= 0.3 is 0 Å². The topological polar surface area (TPSA) is 61.9 Å². The van der Waals surface area contributed by atoms with Crippen molar-refractivity contribution in [2.24, 2.45) is 0 Å². The predicted octanol–water partition coefficient (Wildman–Crippen LogP) is 0.658. The van der Waals surface area contributed by atoms with Crippen molar-refractivity contribution in [3.8, 4) is 0 Å². The van der Waals surface area contributed by atoms with E-state index < -0.39 is 6.10 Å². The first-order valence-corrected chi connectivity index (χ1v) is 8.62. The molecule has 1 atom stereocenters. The minimum atomic E-state index is -0.391.